The molecule has 1 aromatic carbocycles. The average Bonchev–Trinajstić information content (AvgIpc) is 2.47. The summed E-state index contributed by atoms with van der Waals surface area (Å²) in [5, 5.41) is 2.68. The van der Waals surface area contributed by atoms with Gasteiger partial charge in [0.1, 0.15) is 5.75 Å². The van der Waals surface area contributed by atoms with Gasteiger partial charge >= 0.3 is 6.18 Å². The van der Waals surface area contributed by atoms with E-state index in [9.17, 15) is 18.0 Å². The van der Waals surface area contributed by atoms with E-state index in [2.05, 4.69) is 5.32 Å². The van der Waals surface area contributed by atoms with Crippen LogP contribution in [0.1, 0.15) is 32.6 Å². The minimum atomic E-state index is -4.18. The third kappa shape index (κ3) is 4.64. The van der Waals surface area contributed by atoms with Crippen molar-refractivity contribution in [2.24, 2.45) is 5.92 Å². The number of amides is 1. The number of rotatable bonds is 4. The molecule has 1 amide bonds. The van der Waals surface area contributed by atoms with Crippen molar-refractivity contribution in [3.05, 3.63) is 30.3 Å². The van der Waals surface area contributed by atoms with Crippen molar-refractivity contribution in [3.63, 3.8) is 0 Å². The number of nitrogens with one attached hydrogen (secondary N) is 1. The number of hydrogen-bond donors (Lipinski definition) is 1. The summed E-state index contributed by atoms with van der Waals surface area (Å²) in [6.45, 7) is 1.59. The molecule has 0 bridgehead atoms. The van der Waals surface area contributed by atoms with Crippen LogP contribution in [0.25, 0.3) is 0 Å². The van der Waals surface area contributed by atoms with Gasteiger partial charge in [0.15, 0.2) is 6.10 Å². The van der Waals surface area contributed by atoms with Gasteiger partial charge in [0.25, 0.3) is 5.91 Å². The third-order valence-corrected chi connectivity index (χ3v) is 3.91. The van der Waals surface area contributed by atoms with Crippen LogP contribution in [-0.4, -0.2) is 24.2 Å². The fraction of sp³-hybridized carbons (Fsp3) is 0.562. The molecule has 3 nitrogen and oxygen atoms in total. The van der Waals surface area contributed by atoms with E-state index in [-0.39, 0.29) is 18.7 Å². The molecule has 22 heavy (non-hydrogen) atoms. The van der Waals surface area contributed by atoms with E-state index in [4.69, 9.17) is 4.74 Å². The van der Waals surface area contributed by atoms with E-state index in [1.807, 2.05) is 6.07 Å². The molecular weight excluding hydrogens is 295 g/mol. The molecule has 3 atom stereocenters. The zero-order valence-electron chi connectivity index (χ0n) is 12.4. The maximum absolute atomic E-state index is 12.8. The SMILES string of the molecule is CC(Oc1ccccc1)C(=O)NC1CCCC(C(F)(F)F)C1. The Hall–Kier alpha value is -1.72. The summed E-state index contributed by atoms with van der Waals surface area (Å²) < 4.78 is 43.8. The molecule has 122 valence electrons. The molecule has 0 spiro atoms. The van der Waals surface area contributed by atoms with E-state index in [1.165, 1.54) is 0 Å². The highest BCUT2D eigenvalue weighted by atomic mass is 19.4. The van der Waals surface area contributed by atoms with Crippen LogP contribution in [-0.2, 0) is 4.79 Å². The molecule has 2 rings (SSSR count). The number of benzene rings is 1. The fourth-order valence-electron chi connectivity index (χ4n) is 2.69. The Morgan fingerprint density at radius 1 is 1.27 bits per heavy atom. The van der Waals surface area contributed by atoms with Crippen LogP contribution in [0.5, 0.6) is 5.75 Å². The van der Waals surface area contributed by atoms with E-state index >= 15 is 0 Å². The van der Waals surface area contributed by atoms with E-state index in [1.54, 1.807) is 31.2 Å². The second-order valence-electron chi connectivity index (χ2n) is 5.68. The number of para-hydroxylation sites is 1. The first-order valence-electron chi connectivity index (χ1n) is 7.45. The molecule has 1 aromatic rings. The molecule has 0 saturated heterocycles. The van der Waals surface area contributed by atoms with Gasteiger partial charge in [-0.3, -0.25) is 4.79 Å². The summed E-state index contributed by atoms with van der Waals surface area (Å²) in [7, 11) is 0. The van der Waals surface area contributed by atoms with Crippen molar-refractivity contribution in [3.8, 4) is 5.75 Å². The van der Waals surface area contributed by atoms with Crippen LogP contribution in [0.3, 0.4) is 0 Å². The van der Waals surface area contributed by atoms with Crippen molar-refractivity contribution in [2.45, 2.75) is 50.9 Å². The van der Waals surface area contributed by atoms with Gasteiger partial charge in [-0.15, -0.1) is 0 Å². The van der Waals surface area contributed by atoms with Crippen molar-refractivity contribution in [2.75, 3.05) is 0 Å². The molecule has 1 aliphatic rings. The van der Waals surface area contributed by atoms with Crippen molar-refractivity contribution in [1.29, 1.82) is 0 Å². The molecule has 1 saturated carbocycles. The van der Waals surface area contributed by atoms with Crippen molar-refractivity contribution >= 4 is 5.91 Å². The first kappa shape index (κ1) is 16.6. The predicted octanol–water partition coefficient (Wildman–Crippen LogP) is 3.69. The predicted molar refractivity (Wildman–Crippen MR) is 76.5 cm³/mol. The normalized spacial score (nSPS) is 23.6. The Bertz CT molecular complexity index is 490. The first-order chi connectivity index (χ1) is 10.4. The lowest BCUT2D eigenvalue weighted by Gasteiger charge is -2.31. The number of hydrogen-bond acceptors (Lipinski definition) is 2. The average molecular weight is 315 g/mol. The highest BCUT2D eigenvalue weighted by Crippen LogP contribution is 2.37. The molecule has 6 heteroatoms. The second kappa shape index (κ2) is 7.03. The zero-order chi connectivity index (χ0) is 16.2. The molecule has 0 radical (unpaired) electrons. The van der Waals surface area contributed by atoms with Crippen LogP contribution in [0.4, 0.5) is 13.2 Å². The maximum atomic E-state index is 12.8. The molecule has 0 aliphatic heterocycles. The lowest BCUT2D eigenvalue weighted by Crippen LogP contribution is -2.46. The number of alkyl halides is 3. The smallest absolute Gasteiger partial charge is 0.391 e. The molecule has 1 aliphatic carbocycles. The Morgan fingerprint density at radius 2 is 1.95 bits per heavy atom. The summed E-state index contributed by atoms with van der Waals surface area (Å²) in [4.78, 5) is 12.1. The van der Waals surface area contributed by atoms with Gasteiger partial charge in [-0.1, -0.05) is 24.6 Å². The highest BCUT2D eigenvalue weighted by molar-refractivity contribution is 5.81. The quantitative estimate of drug-likeness (QED) is 0.920. The summed E-state index contributed by atoms with van der Waals surface area (Å²) in [6, 6.07) is 8.42. The second-order valence-corrected chi connectivity index (χ2v) is 5.68. The number of carbonyl (C=O) groups is 1. The molecule has 1 N–H and O–H groups in total. The van der Waals surface area contributed by atoms with Crippen molar-refractivity contribution < 1.29 is 22.7 Å². The largest absolute Gasteiger partial charge is 0.481 e. The first-order valence-corrected chi connectivity index (χ1v) is 7.45. The van der Waals surface area contributed by atoms with E-state index in [0.29, 0.717) is 18.6 Å². The van der Waals surface area contributed by atoms with Gasteiger partial charge < -0.3 is 10.1 Å². The molecule has 0 heterocycles. The van der Waals surface area contributed by atoms with Gasteiger partial charge in [-0.05, 0) is 38.3 Å². The van der Waals surface area contributed by atoms with E-state index < -0.39 is 24.2 Å². The highest BCUT2D eigenvalue weighted by Gasteiger charge is 2.42. The Balaban J connectivity index is 1.86. The molecule has 0 aromatic heterocycles. The Kier molecular flexibility index (Phi) is 5.32. The monoisotopic (exact) mass is 315 g/mol. The van der Waals surface area contributed by atoms with Gasteiger partial charge in [-0.2, -0.15) is 13.2 Å². The van der Waals surface area contributed by atoms with Crippen molar-refractivity contribution in [1.82, 2.24) is 5.32 Å². The van der Waals surface area contributed by atoms with Crippen LogP contribution in [0, 0.1) is 5.92 Å². The zero-order valence-corrected chi connectivity index (χ0v) is 12.4. The number of ether oxygens (including phenoxy) is 1. The fourth-order valence-corrected chi connectivity index (χ4v) is 2.69. The lowest BCUT2D eigenvalue weighted by molar-refractivity contribution is -0.184. The third-order valence-electron chi connectivity index (χ3n) is 3.91. The summed E-state index contributed by atoms with van der Waals surface area (Å²) in [5.41, 5.74) is 0. The van der Waals surface area contributed by atoms with Gasteiger partial charge in [-0.25, -0.2) is 0 Å². The minimum Gasteiger partial charge on any atom is -0.481 e. The van der Waals surface area contributed by atoms with Crippen LogP contribution in [0.15, 0.2) is 30.3 Å². The van der Waals surface area contributed by atoms with E-state index in [0.717, 1.165) is 0 Å². The van der Waals surface area contributed by atoms with Crippen LogP contribution in [0.2, 0.25) is 0 Å². The molecule has 1 fully saturated rings. The summed E-state index contributed by atoms with van der Waals surface area (Å²) in [6.07, 6.45) is -3.78. The van der Waals surface area contributed by atoms with Gasteiger partial charge in [0.05, 0.1) is 5.92 Å². The number of halogens is 3. The van der Waals surface area contributed by atoms with Crippen LogP contribution >= 0.6 is 0 Å². The van der Waals surface area contributed by atoms with Gasteiger partial charge in [0.2, 0.25) is 0 Å². The Labute approximate surface area is 127 Å². The standard InChI is InChI=1S/C16H20F3NO2/c1-11(22-14-8-3-2-4-9-14)15(21)20-13-7-5-6-12(10-13)16(17,18)19/h2-4,8-9,11-13H,5-7,10H2,1H3,(H,20,21). The summed E-state index contributed by atoms with van der Waals surface area (Å²) >= 11 is 0. The maximum Gasteiger partial charge on any atom is 0.391 e. The molecular formula is C16H20F3NO2. The summed E-state index contributed by atoms with van der Waals surface area (Å²) in [5.74, 6) is -1.14. The number of carbonyl (C=O) groups excluding carboxylic acids is 1. The van der Waals surface area contributed by atoms with Gasteiger partial charge in [0, 0.05) is 6.04 Å². The molecule has 3 unspecified atom stereocenters. The topological polar surface area (TPSA) is 38.3 Å². The Morgan fingerprint density at radius 3 is 2.59 bits per heavy atom. The lowest BCUT2D eigenvalue weighted by atomic mass is 9.85. The minimum absolute atomic E-state index is 0.0483. The van der Waals surface area contributed by atoms with Crippen LogP contribution < -0.4 is 10.1 Å².